The van der Waals surface area contributed by atoms with Crippen molar-refractivity contribution in [3.05, 3.63) is 28.2 Å². The van der Waals surface area contributed by atoms with Crippen molar-refractivity contribution in [3.8, 4) is 0 Å². The topological polar surface area (TPSA) is 32.5 Å². The summed E-state index contributed by atoms with van der Waals surface area (Å²) in [4.78, 5) is 4.95. The van der Waals surface area contributed by atoms with Crippen molar-refractivity contribution in [3.63, 3.8) is 0 Å². The van der Waals surface area contributed by atoms with Gasteiger partial charge in [0, 0.05) is 23.6 Å². The molecule has 1 aliphatic rings. The quantitative estimate of drug-likeness (QED) is 0.927. The lowest BCUT2D eigenvalue weighted by molar-refractivity contribution is 0.326. The van der Waals surface area contributed by atoms with Crippen molar-refractivity contribution in [2.75, 3.05) is 38.1 Å². The van der Waals surface area contributed by atoms with Crippen molar-refractivity contribution in [2.45, 2.75) is 25.8 Å². The third kappa shape index (κ3) is 3.71. The summed E-state index contributed by atoms with van der Waals surface area (Å²) in [6, 6.07) is 7.13. The van der Waals surface area contributed by atoms with Crippen molar-refractivity contribution < 1.29 is 0 Å². The fraction of sp³-hybridized carbons (Fsp3) is 0.600. The van der Waals surface area contributed by atoms with E-state index in [1.54, 1.807) is 0 Å². The lowest BCUT2D eigenvalue weighted by atomic mass is 10.1. The van der Waals surface area contributed by atoms with E-state index >= 15 is 0 Å². The first-order valence-electron chi connectivity index (χ1n) is 7.03. The lowest BCUT2D eigenvalue weighted by Crippen LogP contribution is -2.41. The number of likely N-dealkylation sites (N-methyl/N-ethyl adjacent to an activating group) is 1. The molecule has 2 rings (SSSR count). The number of nitrogens with zero attached hydrogens (tertiary/aromatic N) is 2. The van der Waals surface area contributed by atoms with Gasteiger partial charge in [-0.15, -0.1) is 0 Å². The molecule has 1 heterocycles. The average Bonchev–Trinajstić information content (AvgIpc) is 2.52. The van der Waals surface area contributed by atoms with Crippen LogP contribution in [0.4, 0.5) is 5.69 Å². The minimum atomic E-state index is 0.511. The van der Waals surface area contributed by atoms with Crippen LogP contribution < -0.4 is 10.6 Å². The third-order valence-electron chi connectivity index (χ3n) is 3.81. The molecule has 106 valence electrons. The SMILES string of the molecule is Cc1ccc(N2CCCN(C)CC2CCN)c(Br)c1. The van der Waals surface area contributed by atoms with E-state index in [0.717, 1.165) is 26.1 Å². The standard InChI is InChI=1S/C15H24BrN3/c1-12-4-5-15(14(16)10-12)19-9-3-8-18(2)11-13(19)6-7-17/h4-5,10,13H,3,6-9,11,17H2,1-2H3. The maximum absolute atomic E-state index is 5.80. The Morgan fingerprint density at radius 3 is 2.84 bits per heavy atom. The van der Waals surface area contributed by atoms with Gasteiger partial charge < -0.3 is 15.5 Å². The fourth-order valence-corrected chi connectivity index (χ4v) is 3.57. The highest BCUT2D eigenvalue weighted by atomic mass is 79.9. The van der Waals surface area contributed by atoms with Crippen LogP contribution >= 0.6 is 15.9 Å². The molecule has 1 atom stereocenters. The molecule has 0 amide bonds. The summed E-state index contributed by atoms with van der Waals surface area (Å²) in [6.07, 6.45) is 2.25. The highest BCUT2D eigenvalue weighted by molar-refractivity contribution is 9.10. The molecule has 1 unspecified atom stereocenters. The molecule has 3 nitrogen and oxygen atoms in total. The van der Waals surface area contributed by atoms with Crippen LogP contribution in [0.3, 0.4) is 0 Å². The summed E-state index contributed by atoms with van der Waals surface area (Å²) in [5, 5.41) is 0. The van der Waals surface area contributed by atoms with Gasteiger partial charge in [0.05, 0.1) is 5.69 Å². The molecule has 1 aliphatic heterocycles. The van der Waals surface area contributed by atoms with Crippen molar-refractivity contribution in [1.29, 1.82) is 0 Å². The van der Waals surface area contributed by atoms with Crippen LogP contribution in [0.1, 0.15) is 18.4 Å². The second kappa shape index (κ2) is 6.73. The summed E-state index contributed by atoms with van der Waals surface area (Å²) < 4.78 is 1.19. The van der Waals surface area contributed by atoms with Gasteiger partial charge >= 0.3 is 0 Å². The molecule has 1 fully saturated rings. The molecule has 0 aliphatic carbocycles. The molecule has 1 aromatic carbocycles. The predicted octanol–water partition coefficient (Wildman–Crippen LogP) is 2.62. The van der Waals surface area contributed by atoms with E-state index in [2.05, 4.69) is 57.9 Å². The molecule has 0 bridgehead atoms. The summed E-state index contributed by atoms with van der Waals surface area (Å²) >= 11 is 3.72. The van der Waals surface area contributed by atoms with Crippen LogP contribution in [0.25, 0.3) is 0 Å². The van der Waals surface area contributed by atoms with Crippen molar-refractivity contribution in [1.82, 2.24) is 4.90 Å². The Morgan fingerprint density at radius 1 is 1.37 bits per heavy atom. The Kier molecular flexibility index (Phi) is 5.25. The molecule has 0 spiro atoms. The van der Waals surface area contributed by atoms with Gasteiger partial charge in [-0.25, -0.2) is 0 Å². The van der Waals surface area contributed by atoms with Crippen LogP contribution in [0.15, 0.2) is 22.7 Å². The van der Waals surface area contributed by atoms with Crippen molar-refractivity contribution >= 4 is 21.6 Å². The Morgan fingerprint density at radius 2 is 2.16 bits per heavy atom. The zero-order valence-corrected chi connectivity index (χ0v) is 13.5. The van der Waals surface area contributed by atoms with E-state index in [1.807, 2.05) is 0 Å². The summed E-state index contributed by atoms with van der Waals surface area (Å²) in [6.45, 7) is 6.25. The van der Waals surface area contributed by atoms with Crippen LogP contribution in [-0.4, -0.2) is 44.2 Å². The van der Waals surface area contributed by atoms with E-state index in [0.29, 0.717) is 6.04 Å². The van der Waals surface area contributed by atoms with Gasteiger partial charge in [-0.05, 0) is 73.5 Å². The molecule has 0 saturated carbocycles. The Bertz CT molecular complexity index is 422. The third-order valence-corrected chi connectivity index (χ3v) is 4.45. The van der Waals surface area contributed by atoms with Gasteiger partial charge in [0.2, 0.25) is 0 Å². The zero-order chi connectivity index (χ0) is 13.8. The number of benzene rings is 1. The second-order valence-corrected chi connectivity index (χ2v) is 6.35. The first kappa shape index (κ1) is 14.8. The normalized spacial score (nSPS) is 21.5. The molecule has 2 N–H and O–H groups in total. The number of anilines is 1. The minimum Gasteiger partial charge on any atom is -0.366 e. The van der Waals surface area contributed by atoms with Crippen LogP contribution in [0.5, 0.6) is 0 Å². The largest absolute Gasteiger partial charge is 0.366 e. The number of hydrogen-bond acceptors (Lipinski definition) is 3. The molecule has 4 heteroatoms. The van der Waals surface area contributed by atoms with E-state index in [1.165, 1.54) is 28.7 Å². The Hall–Kier alpha value is -0.580. The summed E-state index contributed by atoms with van der Waals surface area (Å²) in [7, 11) is 2.21. The Labute approximate surface area is 124 Å². The van der Waals surface area contributed by atoms with E-state index in [-0.39, 0.29) is 0 Å². The Balaban J connectivity index is 2.27. The predicted molar refractivity (Wildman–Crippen MR) is 85.8 cm³/mol. The molecule has 0 aromatic heterocycles. The summed E-state index contributed by atoms with van der Waals surface area (Å²) in [5.74, 6) is 0. The van der Waals surface area contributed by atoms with Gasteiger partial charge in [0.25, 0.3) is 0 Å². The second-order valence-electron chi connectivity index (χ2n) is 5.50. The number of rotatable bonds is 3. The number of nitrogens with two attached hydrogens (primary N) is 1. The number of halogens is 1. The van der Waals surface area contributed by atoms with E-state index < -0.39 is 0 Å². The highest BCUT2D eigenvalue weighted by Gasteiger charge is 2.24. The molecule has 1 saturated heterocycles. The minimum absolute atomic E-state index is 0.511. The molecule has 19 heavy (non-hydrogen) atoms. The van der Waals surface area contributed by atoms with Gasteiger partial charge in [-0.2, -0.15) is 0 Å². The monoisotopic (exact) mass is 325 g/mol. The smallest absolute Gasteiger partial charge is 0.0513 e. The summed E-state index contributed by atoms with van der Waals surface area (Å²) in [5.41, 5.74) is 8.40. The van der Waals surface area contributed by atoms with E-state index in [9.17, 15) is 0 Å². The van der Waals surface area contributed by atoms with Gasteiger partial charge in [-0.1, -0.05) is 6.07 Å². The van der Waals surface area contributed by atoms with Gasteiger partial charge in [-0.3, -0.25) is 0 Å². The van der Waals surface area contributed by atoms with Crippen LogP contribution in [0.2, 0.25) is 0 Å². The maximum Gasteiger partial charge on any atom is 0.0513 e. The average molecular weight is 326 g/mol. The highest BCUT2D eigenvalue weighted by Crippen LogP contribution is 2.30. The lowest BCUT2D eigenvalue weighted by Gasteiger charge is -2.33. The molecular weight excluding hydrogens is 302 g/mol. The first-order chi connectivity index (χ1) is 9.11. The zero-order valence-electron chi connectivity index (χ0n) is 11.9. The van der Waals surface area contributed by atoms with Crippen LogP contribution in [0, 0.1) is 6.92 Å². The van der Waals surface area contributed by atoms with Crippen LogP contribution in [-0.2, 0) is 0 Å². The number of hydrogen-bond donors (Lipinski definition) is 1. The number of aryl methyl sites for hydroxylation is 1. The first-order valence-corrected chi connectivity index (χ1v) is 7.82. The van der Waals surface area contributed by atoms with E-state index in [4.69, 9.17) is 5.73 Å². The molecule has 1 aromatic rings. The fourth-order valence-electron chi connectivity index (χ4n) is 2.84. The van der Waals surface area contributed by atoms with Gasteiger partial charge in [0.15, 0.2) is 0 Å². The molecule has 0 radical (unpaired) electrons. The maximum atomic E-state index is 5.80. The van der Waals surface area contributed by atoms with Gasteiger partial charge in [0.1, 0.15) is 0 Å². The van der Waals surface area contributed by atoms with Crippen molar-refractivity contribution in [2.24, 2.45) is 5.73 Å². The molecular formula is C15H24BrN3.